The highest BCUT2D eigenvalue weighted by atomic mass is 16.5. The first-order chi connectivity index (χ1) is 17.1. The van der Waals surface area contributed by atoms with Gasteiger partial charge in [0.05, 0.1) is 25.7 Å². The summed E-state index contributed by atoms with van der Waals surface area (Å²) in [6.45, 7) is 0.716. The van der Waals surface area contributed by atoms with Gasteiger partial charge in [-0.05, 0) is 29.8 Å². The first-order valence-corrected chi connectivity index (χ1v) is 11.5. The Kier molecular flexibility index (Phi) is 6.25. The average molecular weight is 470 g/mol. The molecule has 1 aliphatic heterocycles. The molecule has 1 aliphatic rings. The highest BCUT2D eigenvalue weighted by molar-refractivity contribution is 6.05. The second kappa shape index (κ2) is 9.64. The van der Waals surface area contributed by atoms with Crippen LogP contribution in [0.5, 0.6) is 5.75 Å². The van der Waals surface area contributed by atoms with Crippen molar-refractivity contribution in [1.29, 1.82) is 0 Å². The second-order valence-electron chi connectivity index (χ2n) is 8.51. The van der Waals surface area contributed by atoms with Crippen molar-refractivity contribution in [2.45, 2.75) is 12.0 Å². The smallest absolute Gasteiger partial charge is 0.254 e. The van der Waals surface area contributed by atoms with Gasteiger partial charge in [-0.3, -0.25) is 9.59 Å². The lowest BCUT2D eigenvalue weighted by Gasteiger charge is -2.41. The van der Waals surface area contributed by atoms with E-state index < -0.39 is 12.0 Å². The second-order valence-corrected chi connectivity index (χ2v) is 8.51. The number of hydrogen-bond donors (Lipinski definition) is 2. The van der Waals surface area contributed by atoms with Gasteiger partial charge in [0.25, 0.3) is 5.91 Å². The van der Waals surface area contributed by atoms with Gasteiger partial charge in [-0.25, -0.2) is 0 Å². The molecule has 0 radical (unpaired) electrons. The molecular weight excluding hydrogens is 442 g/mol. The Labute approximate surface area is 203 Å². The third-order valence-electron chi connectivity index (χ3n) is 6.53. The molecule has 35 heavy (non-hydrogen) atoms. The summed E-state index contributed by atoms with van der Waals surface area (Å²) < 4.78 is 10.7. The molecule has 0 bridgehead atoms. The maximum Gasteiger partial charge on any atom is 0.254 e. The van der Waals surface area contributed by atoms with Crippen molar-refractivity contribution < 1.29 is 19.1 Å². The monoisotopic (exact) mass is 469 g/mol. The maximum absolute atomic E-state index is 14.0. The van der Waals surface area contributed by atoms with Crippen LogP contribution in [-0.2, 0) is 9.53 Å². The summed E-state index contributed by atoms with van der Waals surface area (Å²) in [6.07, 6.45) is 1.90. The van der Waals surface area contributed by atoms with Crippen molar-refractivity contribution >= 4 is 28.4 Å². The van der Waals surface area contributed by atoms with Crippen LogP contribution in [0.3, 0.4) is 0 Å². The van der Waals surface area contributed by atoms with Crippen molar-refractivity contribution in [3.8, 4) is 5.75 Å². The summed E-state index contributed by atoms with van der Waals surface area (Å²) in [5.74, 6) is -0.294. The van der Waals surface area contributed by atoms with Crippen LogP contribution in [-0.4, -0.2) is 49.1 Å². The van der Waals surface area contributed by atoms with Crippen LogP contribution in [0, 0.1) is 0 Å². The molecule has 0 aliphatic carbocycles. The van der Waals surface area contributed by atoms with Crippen molar-refractivity contribution in [2.24, 2.45) is 0 Å². The summed E-state index contributed by atoms with van der Waals surface area (Å²) in [5, 5.41) is 4.04. The van der Waals surface area contributed by atoms with Crippen molar-refractivity contribution in [3.63, 3.8) is 0 Å². The highest BCUT2D eigenvalue weighted by Gasteiger charge is 2.44. The van der Waals surface area contributed by atoms with Gasteiger partial charge >= 0.3 is 0 Å². The van der Waals surface area contributed by atoms with Crippen LogP contribution in [0.4, 0.5) is 5.69 Å². The van der Waals surface area contributed by atoms with E-state index in [9.17, 15) is 9.59 Å². The molecule has 2 N–H and O–H groups in total. The summed E-state index contributed by atoms with van der Waals surface area (Å²) in [6, 6.07) is 22.0. The number of hydrogen-bond acceptors (Lipinski definition) is 4. The van der Waals surface area contributed by atoms with Gasteiger partial charge in [-0.15, -0.1) is 0 Å². The molecule has 7 heteroatoms. The molecule has 7 nitrogen and oxygen atoms in total. The Hall–Kier alpha value is -4.10. The molecule has 1 aromatic heterocycles. The first kappa shape index (κ1) is 22.7. The highest BCUT2D eigenvalue weighted by Crippen LogP contribution is 2.45. The van der Waals surface area contributed by atoms with E-state index in [0.29, 0.717) is 35.7 Å². The number of carbonyl (C=O) groups is 2. The molecule has 0 spiro atoms. The molecule has 0 fully saturated rings. The molecule has 178 valence electrons. The van der Waals surface area contributed by atoms with E-state index in [-0.39, 0.29) is 11.8 Å². The van der Waals surface area contributed by atoms with E-state index in [1.165, 1.54) is 0 Å². The molecule has 2 heterocycles. The topological polar surface area (TPSA) is 83.7 Å². The number of rotatable bonds is 7. The number of fused-ring (bicyclic) bond motifs is 2. The molecule has 2 amide bonds. The number of nitrogens with zero attached hydrogens (tertiary/aromatic N) is 1. The minimum atomic E-state index is -0.633. The predicted molar refractivity (Wildman–Crippen MR) is 135 cm³/mol. The fourth-order valence-electron chi connectivity index (χ4n) is 4.92. The Balaban J connectivity index is 1.65. The van der Waals surface area contributed by atoms with E-state index >= 15 is 0 Å². The molecular formula is C28H27N3O4. The molecule has 3 aromatic carbocycles. The Bertz CT molecular complexity index is 1380. The van der Waals surface area contributed by atoms with Gasteiger partial charge in [0.1, 0.15) is 5.75 Å². The van der Waals surface area contributed by atoms with E-state index in [4.69, 9.17) is 9.47 Å². The number of methoxy groups -OCH3 is 2. The Morgan fingerprint density at radius 3 is 2.63 bits per heavy atom. The molecule has 0 unspecified atom stereocenters. The first-order valence-electron chi connectivity index (χ1n) is 11.5. The summed E-state index contributed by atoms with van der Waals surface area (Å²) >= 11 is 0. The SMILES string of the molecule is COCCN1C(=O)c2ccccc2[C@H](C(=O)Nc2cccc(OC)c2)[C@H]1c1c[nH]c2ccccc12. The number of aromatic nitrogens is 1. The van der Waals surface area contributed by atoms with Gasteiger partial charge in [-0.2, -0.15) is 0 Å². The van der Waals surface area contributed by atoms with Crippen molar-refractivity contribution in [2.75, 3.05) is 32.7 Å². The standard InChI is InChI=1S/C28H27N3O4/c1-34-15-14-31-26(23-17-29-24-13-6-5-10-20(23)24)25(21-11-3-4-12-22(21)28(31)33)27(32)30-18-8-7-9-19(16-18)35-2/h3-13,16-17,25-26,29H,14-15H2,1-2H3,(H,30,32)/t25-,26+/m0/s1. The number of H-pyrrole nitrogens is 1. The number of carbonyl (C=O) groups excluding carboxylic acids is 2. The fraction of sp³-hybridized carbons (Fsp3) is 0.214. The normalized spacial score (nSPS) is 17.3. The van der Waals surface area contributed by atoms with Gasteiger partial charge in [0, 0.05) is 53.6 Å². The third-order valence-corrected chi connectivity index (χ3v) is 6.53. The molecule has 2 atom stereocenters. The minimum absolute atomic E-state index is 0.113. The third kappa shape index (κ3) is 4.15. The lowest BCUT2D eigenvalue weighted by Crippen LogP contribution is -2.47. The van der Waals surface area contributed by atoms with E-state index in [0.717, 1.165) is 16.5 Å². The molecule has 0 saturated heterocycles. The number of aromatic amines is 1. The van der Waals surface area contributed by atoms with Gasteiger partial charge in [0.2, 0.25) is 5.91 Å². The predicted octanol–water partition coefficient (Wildman–Crippen LogP) is 4.74. The summed E-state index contributed by atoms with van der Waals surface area (Å²) in [7, 11) is 3.20. The summed E-state index contributed by atoms with van der Waals surface area (Å²) in [5.41, 5.74) is 3.72. The molecule has 4 aromatic rings. The van der Waals surface area contributed by atoms with Gasteiger partial charge in [0.15, 0.2) is 0 Å². The van der Waals surface area contributed by atoms with E-state index in [1.54, 1.807) is 31.3 Å². The van der Waals surface area contributed by atoms with Crippen molar-refractivity contribution in [3.05, 3.63) is 95.7 Å². The van der Waals surface area contributed by atoms with Gasteiger partial charge in [-0.1, -0.05) is 42.5 Å². The van der Waals surface area contributed by atoms with Crippen LogP contribution in [0.1, 0.15) is 33.4 Å². The quantitative estimate of drug-likeness (QED) is 0.409. The zero-order chi connectivity index (χ0) is 24.4. The largest absolute Gasteiger partial charge is 0.497 e. The number of amides is 2. The zero-order valence-corrected chi connectivity index (χ0v) is 19.7. The Morgan fingerprint density at radius 1 is 1.00 bits per heavy atom. The summed E-state index contributed by atoms with van der Waals surface area (Å²) in [4.78, 5) is 32.7. The number of ether oxygens (including phenoxy) is 2. The van der Waals surface area contributed by atoms with Crippen LogP contribution < -0.4 is 10.1 Å². The number of nitrogens with one attached hydrogen (secondary N) is 2. The number of para-hydroxylation sites is 1. The van der Waals surface area contributed by atoms with Crippen LogP contribution in [0.25, 0.3) is 10.9 Å². The lowest BCUT2D eigenvalue weighted by atomic mass is 9.79. The molecule has 0 saturated carbocycles. The van der Waals surface area contributed by atoms with E-state index in [2.05, 4.69) is 10.3 Å². The average Bonchev–Trinajstić information content (AvgIpc) is 3.32. The Morgan fingerprint density at radius 2 is 1.80 bits per heavy atom. The minimum Gasteiger partial charge on any atom is -0.497 e. The van der Waals surface area contributed by atoms with Crippen LogP contribution >= 0.6 is 0 Å². The van der Waals surface area contributed by atoms with Crippen LogP contribution in [0.2, 0.25) is 0 Å². The lowest BCUT2D eigenvalue weighted by molar-refractivity contribution is -0.119. The number of benzene rings is 3. The molecule has 5 rings (SSSR count). The fourth-order valence-corrected chi connectivity index (χ4v) is 4.92. The zero-order valence-electron chi connectivity index (χ0n) is 19.7. The maximum atomic E-state index is 14.0. The van der Waals surface area contributed by atoms with E-state index in [1.807, 2.05) is 66.9 Å². The number of anilines is 1. The van der Waals surface area contributed by atoms with Crippen LogP contribution in [0.15, 0.2) is 79.0 Å². The van der Waals surface area contributed by atoms with Gasteiger partial charge < -0.3 is 24.7 Å². The van der Waals surface area contributed by atoms with Crippen molar-refractivity contribution in [1.82, 2.24) is 9.88 Å².